The number of hydrogen-bond acceptors (Lipinski definition) is 2. The van der Waals surface area contributed by atoms with E-state index in [0.29, 0.717) is 31.7 Å². The van der Waals surface area contributed by atoms with E-state index in [9.17, 15) is 9.18 Å². The van der Waals surface area contributed by atoms with Gasteiger partial charge in [0.05, 0.1) is 12.5 Å². The molecule has 1 aromatic carbocycles. The first-order chi connectivity index (χ1) is 9.66. The van der Waals surface area contributed by atoms with Crippen LogP contribution in [0.5, 0.6) is 0 Å². The van der Waals surface area contributed by atoms with E-state index in [1.807, 2.05) is 0 Å². The maximum absolute atomic E-state index is 13.9. The van der Waals surface area contributed by atoms with E-state index >= 15 is 0 Å². The lowest BCUT2D eigenvalue weighted by molar-refractivity contribution is -0.140. The van der Waals surface area contributed by atoms with Gasteiger partial charge in [0.1, 0.15) is 5.82 Å². The first-order valence-electron chi connectivity index (χ1n) is 6.99. The van der Waals surface area contributed by atoms with Crippen molar-refractivity contribution in [1.29, 1.82) is 0 Å². The summed E-state index contributed by atoms with van der Waals surface area (Å²) in [6.45, 7) is 2.28. The molecule has 2 aliphatic rings. The molecule has 5 heteroatoms. The molecule has 0 unspecified atom stereocenters. The van der Waals surface area contributed by atoms with E-state index in [4.69, 9.17) is 4.74 Å². The first kappa shape index (κ1) is 14.0. The van der Waals surface area contributed by atoms with Gasteiger partial charge >= 0.3 is 0 Å². The fraction of sp³-hybridized carbons (Fsp3) is 0.533. The van der Waals surface area contributed by atoms with E-state index in [2.05, 4.69) is 15.9 Å². The van der Waals surface area contributed by atoms with E-state index < -0.39 is 0 Å². The van der Waals surface area contributed by atoms with Crippen molar-refractivity contribution >= 4 is 21.8 Å². The molecule has 0 spiro atoms. The van der Waals surface area contributed by atoms with Gasteiger partial charge in [-0.3, -0.25) is 4.79 Å². The Kier molecular flexibility index (Phi) is 4.08. The van der Waals surface area contributed by atoms with Crippen LogP contribution in [0.3, 0.4) is 0 Å². The lowest BCUT2D eigenvalue weighted by Gasteiger charge is -2.33. The van der Waals surface area contributed by atoms with Crippen LogP contribution in [-0.4, -0.2) is 30.6 Å². The Labute approximate surface area is 126 Å². The molecule has 1 atom stereocenters. The number of ether oxygens (including phenoxy) is 1. The quantitative estimate of drug-likeness (QED) is 0.786. The zero-order valence-corrected chi connectivity index (χ0v) is 12.8. The third-order valence-electron chi connectivity index (χ3n) is 4.12. The van der Waals surface area contributed by atoms with Crippen LogP contribution < -0.4 is 0 Å². The number of halogens is 2. The third-order valence-corrected chi connectivity index (χ3v) is 4.86. The van der Waals surface area contributed by atoms with Crippen molar-refractivity contribution in [3.05, 3.63) is 33.5 Å². The van der Waals surface area contributed by atoms with E-state index in [0.717, 1.165) is 29.5 Å². The van der Waals surface area contributed by atoms with Gasteiger partial charge < -0.3 is 9.64 Å². The fourth-order valence-corrected chi connectivity index (χ4v) is 3.55. The Morgan fingerprint density at radius 1 is 1.40 bits per heavy atom. The van der Waals surface area contributed by atoms with Gasteiger partial charge in [0.25, 0.3) is 0 Å². The maximum Gasteiger partial charge on any atom is 0.228 e. The minimum atomic E-state index is -0.222. The van der Waals surface area contributed by atoms with Crippen LogP contribution in [0.15, 0.2) is 16.6 Å². The van der Waals surface area contributed by atoms with Gasteiger partial charge in [-0.1, -0.05) is 15.9 Å². The van der Waals surface area contributed by atoms with Gasteiger partial charge in [0.15, 0.2) is 0 Å². The van der Waals surface area contributed by atoms with E-state index in [1.165, 1.54) is 6.07 Å². The summed E-state index contributed by atoms with van der Waals surface area (Å²) in [4.78, 5) is 14.2. The highest BCUT2D eigenvalue weighted by Crippen LogP contribution is 2.30. The molecule has 20 heavy (non-hydrogen) atoms. The summed E-state index contributed by atoms with van der Waals surface area (Å²) in [6.07, 6.45) is 2.51. The number of nitrogens with zero attached hydrogens (tertiary/aromatic N) is 1. The molecule has 2 heterocycles. The first-order valence-corrected chi connectivity index (χ1v) is 7.78. The van der Waals surface area contributed by atoms with Crippen molar-refractivity contribution in [2.75, 3.05) is 19.8 Å². The molecular formula is C15H17BrFNO2. The SMILES string of the molecule is O=C([C@H]1CCCOC1)N1CCc2c(Br)ccc(F)c2C1. The van der Waals surface area contributed by atoms with Gasteiger partial charge in [0.2, 0.25) is 5.91 Å². The number of carbonyl (C=O) groups is 1. The lowest BCUT2D eigenvalue weighted by Crippen LogP contribution is -2.42. The molecule has 1 saturated heterocycles. The highest BCUT2D eigenvalue weighted by atomic mass is 79.9. The van der Waals surface area contributed by atoms with Gasteiger partial charge in [-0.05, 0) is 37.0 Å². The van der Waals surface area contributed by atoms with E-state index in [-0.39, 0.29) is 17.6 Å². The standard InChI is InChI=1S/C15H17BrFNO2/c16-13-3-4-14(17)12-8-18(6-5-11(12)13)15(19)10-2-1-7-20-9-10/h3-4,10H,1-2,5-9H2/t10-/m0/s1. The molecule has 1 aromatic rings. The average molecular weight is 342 g/mol. The molecular weight excluding hydrogens is 325 g/mol. The maximum atomic E-state index is 13.9. The Bertz CT molecular complexity index is 529. The minimum absolute atomic E-state index is 0.0551. The summed E-state index contributed by atoms with van der Waals surface area (Å²) in [7, 11) is 0. The number of fused-ring (bicyclic) bond motifs is 1. The average Bonchev–Trinajstić information content (AvgIpc) is 2.51. The molecule has 0 bridgehead atoms. The second kappa shape index (κ2) is 5.82. The molecule has 0 N–H and O–H groups in total. The third kappa shape index (κ3) is 2.61. The molecule has 0 saturated carbocycles. The summed E-state index contributed by atoms with van der Waals surface area (Å²) in [5.41, 5.74) is 1.64. The monoisotopic (exact) mass is 341 g/mol. The Balaban J connectivity index is 1.78. The molecule has 0 aliphatic carbocycles. The van der Waals surface area contributed by atoms with Crippen LogP contribution >= 0.6 is 15.9 Å². The van der Waals surface area contributed by atoms with Gasteiger partial charge in [-0.25, -0.2) is 4.39 Å². The molecule has 1 amide bonds. The Hall–Kier alpha value is -0.940. The molecule has 0 aromatic heterocycles. The van der Waals surface area contributed by atoms with Crippen LogP contribution in [-0.2, 0) is 22.5 Å². The Morgan fingerprint density at radius 2 is 2.25 bits per heavy atom. The molecule has 0 radical (unpaired) electrons. The van der Waals surface area contributed by atoms with Crippen LogP contribution in [0.2, 0.25) is 0 Å². The number of carbonyl (C=O) groups excluding carboxylic acids is 1. The molecule has 2 aliphatic heterocycles. The van der Waals surface area contributed by atoms with Crippen LogP contribution in [0.4, 0.5) is 4.39 Å². The van der Waals surface area contributed by atoms with Crippen molar-refractivity contribution in [2.24, 2.45) is 5.92 Å². The number of hydrogen-bond donors (Lipinski definition) is 0. The highest BCUT2D eigenvalue weighted by molar-refractivity contribution is 9.10. The predicted molar refractivity (Wildman–Crippen MR) is 76.8 cm³/mol. The summed E-state index contributed by atoms with van der Waals surface area (Å²) in [5.74, 6) is -0.171. The van der Waals surface area contributed by atoms with Gasteiger partial charge in [-0.15, -0.1) is 0 Å². The molecule has 108 valence electrons. The normalized spacial score (nSPS) is 22.5. The van der Waals surface area contributed by atoms with Crippen molar-refractivity contribution in [1.82, 2.24) is 4.90 Å². The zero-order chi connectivity index (χ0) is 14.1. The van der Waals surface area contributed by atoms with Crippen LogP contribution in [0, 0.1) is 11.7 Å². The van der Waals surface area contributed by atoms with Crippen molar-refractivity contribution in [2.45, 2.75) is 25.8 Å². The van der Waals surface area contributed by atoms with Crippen molar-refractivity contribution in [3.63, 3.8) is 0 Å². The number of benzene rings is 1. The molecule has 3 nitrogen and oxygen atoms in total. The zero-order valence-electron chi connectivity index (χ0n) is 11.2. The second-order valence-corrected chi connectivity index (χ2v) is 6.26. The summed E-state index contributed by atoms with van der Waals surface area (Å²) in [5, 5.41) is 0. The summed E-state index contributed by atoms with van der Waals surface area (Å²) in [6, 6.07) is 3.20. The van der Waals surface area contributed by atoms with Gasteiger partial charge in [-0.2, -0.15) is 0 Å². The van der Waals surface area contributed by atoms with E-state index in [1.54, 1.807) is 11.0 Å². The number of amides is 1. The highest BCUT2D eigenvalue weighted by Gasteiger charge is 2.30. The summed E-state index contributed by atoms with van der Waals surface area (Å²) < 4.78 is 20.3. The van der Waals surface area contributed by atoms with Crippen molar-refractivity contribution in [3.8, 4) is 0 Å². The Morgan fingerprint density at radius 3 is 3.00 bits per heavy atom. The largest absolute Gasteiger partial charge is 0.381 e. The van der Waals surface area contributed by atoms with Crippen LogP contribution in [0.25, 0.3) is 0 Å². The fourth-order valence-electron chi connectivity index (χ4n) is 2.98. The molecule has 3 rings (SSSR count). The van der Waals surface area contributed by atoms with Gasteiger partial charge in [0, 0.05) is 29.7 Å². The smallest absolute Gasteiger partial charge is 0.228 e. The van der Waals surface area contributed by atoms with Crippen molar-refractivity contribution < 1.29 is 13.9 Å². The minimum Gasteiger partial charge on any atom is -0.381 e. The number of rotatable bonds is 1. The predicted octanol–water partition coefficient (Wildman–Crippen LogP) is 2.90. The van der Waals surface area contributed by atoms with Crippen LogP contribution in [0.1, 0.15) is 24.0 Å². The second-order valence-electron chi connectivity index (χ2n) is 5.41. The topological polar surface area (TPSA) is 29.5 Å². The summed E-state index contributed by atoms with van der Waals surface area (Å²) >= 11 is 3.46. The lowest BCUT2D eigenvalue weighted by atomic mass is 9.96. The molecule has 1 fully saturated rings.